The molecule has 0 saturated heterocycles. The van der Waals surface area contributed by atoms with Gasteiger partial charge in [0.15, 0.2) is 0 Å². The van der Waals surface area contributed by atoms with Crippen molar-refractivity contribution in [1.29, 1.82) is 0 Å². The van der Waals surface area contributed by atoms with Crippen LogP contribution >= 0.6 is 37.9 Å². The van der Waals surface area contributed by atoms with Crippen LogP contribution in [0.15, 0.2) is 0 Å². The highest BCUT2D eigenvalue weighted by Crippen LogP contribution is 2.16. The van der Waals surface area contributed by atoms with E-state index in [1.165, 1.54) is 0 Å². The average Bonchev–Trinajstić information content (AvgIpc) is 3.04. The summed E-state index contributed by atoms with van der Waals surface area (Å²) < 4.78 is 41.5. The van der Waals surface area contributed by atoms with Gasteiger partial charge in [-0.1, -0.05) is 0 Å². The van der Waals surface area contributed by atoms with Gasteiger partial charge < -0.3 is 55.8 Å². The van der Waals surface area contributed by atoms with Crippen LogP contribution in [0.5, 0.6) is 0 Å². The number of hydrogen-bond donors (Lipinski definition) is 7. The van der Waals surface area contributed by atoms with Gasteiger partial charge in [0.05, 0.1) is 6.23 Å². The Morgan fingerprint density at radius 1 is 0.436 bits per heavy atom. The van der Waals surface area contributed by atoms with Gasteiger partial charge in [-0.25, -0.2) is 0 Å². The highest BCUT2D eigenvalue weighted by Gasteiger charge is 2.37. The summed E-state index contributed by atoms with van der Waals surface area (Å²) in [5, 5.41) is 30.0. The lowest BCUT2D eigenvalue weighted by Gasteiger charge is -2.24. The van der Waals surface area contributed by atoms with E-state index in [-0.39, 0.29) is 6.23 Å². The van der Waals surface area contributed by atoms with Gasteiger partial charge >= 0.3 is 26.2 Å². The molecule has 0 bridgehead atoms. The zero-order chi connectivity index (χ0) is 32.2. The van der Waals surface area contributed by atoms with E-state index in [0.717, 1.165) is 76.0 Å². The first-order valence-electron chi connectivity index (χ1n) is 11.9. The first kappa shape index (κ1) is 52.8. The molecule has 0 unspecified atom stereocenters. The molecule has 0 saturated carbocycles. The molecule has 0 aliphatic carbocycles. The Morgan fingerprint density at radius 2 is 0.667 bits per heavy atom. The standard InChI is InChI=1S/3C6H16O3SSi.3CH4O/c2*1-7-11(8-2,9-3)6-4-5-10;1-8-11(6-7,9-2)5-3-4-10;3*1-2/h2*10H,4-6H2,1-3H3;7,10H,3-6H2,1-2H3;3*2H,1H3. The van der Waals surface area contributed by atoms with Crippen LogP contribution in [0.25, 0.3) is 0 Å². The molecule has 0 radical (unpaired) electrons. The Balaban J connectivity index is -0.0000000951. The second kappa shape index (κ2) is 41.4. The number of hydrogen-bond acceptors (Lipinski definition) is 15. The number of aliphatic hydroxyl groups is 4. The third-order valence-electron chi connectivity index (χ3n) is 4.85. The lowest BCUT2D eigenvalue weighted by atomic mass is 10.6. The Morgan fingerprint density at radius 3 is 0.821 bits per heavy atom. The second-order valence-electron chi connectivity index (χ2n) is 6.55. The average molecular weight is 685 g/mol. The largest absolute Gasteiger partial charge is 0.500 e. The van der Waals surface area contributed by atoms with Crippen LogP contribution in [-0.4, -0.2) is 148 Å². The van der Waals surface area contributed by atoms with E-state index in [2.05, 4.69) is 37.9 Å². The predicted octanol–water partition coefficient (Wildman–Crippen LogP) is 1.77. The van der Waals surface area contributed by atoms with Crippen molar-refractivity contribution < 1.29 is 55.8 Å². The SMILES string of the molecule is CO.CO.CO.CO[Si](CCCS)(OC)OC.CO[Si](CCCS)(OC)OC.CO[Si](CO)(CCCS)OC. The van der Waals surface area contributed by atoms with Crippen LogP contribution in [0.4, 0.5) is 0 Å². The molecule has 0 atom stereocenters. The molecular weight excluding hydrogens is 625 g/mol. The lowest BCUT2D eigenvalue weighted by Crippen LogP contribution is -2.44. The Bertz CT molecular complexity index is 334. The third kappa shape index (κ3) is 29.1. The van der Waals surface area contributed by atoms with Crippen molar-refractivity contribution in [1.82, 2.24) is 0 Å². The van der Waals surface area contributed by atoms with E-state index in [1.54, 1.807) is 56.9 Å². The molecule has 18 heteroatoms. The van der Waals surface area contributed by atoms with Crippen LogP contribution in [-0.2, 0) is 35.4 Å². The molecule has 0 aliphatic rings. The molecule has 12 nitrogen and oxygen atoms in total. The van der Waals surface area contributed by atoms with Gasteiger partial charge in [0.1, 0.15) is 0 Å². The minimum atomic E-state index is -2.29. The van der Waals surface area contributed by atoms with E-state index < -0.39 is 26.2 Å². The first-order chi connectivity index (χ1) is 18.7. The van der Waals surface area contributed by atoms with Crippen LogP contribution in [0.3, 0.4) is 0 Å². The highest BCUT2D eigenvalue weighted by atomic mass is 32.1. The summed E-state index contributed by atoms with van der Waals surface area (Å²) in [6.07, 6.45) is 2.88. The molecule has 4 N–H and O–H groups in total. The van der Waals surface area contributed by atoms with Gasteiger partial charge in [-0.2, -0.15) is 37.9 Å². The van der Waals surface area contributed by atoms with E-state index >= 15 is 0 Å². The molecule has 0 aromatic rings. The van der Waals surface area contributed by atoms with E-state index in [1.807, 2.05) is 0 Å². The maximum Gasteiger partial charge on any atom is 0.500 e. The molecule has 39 heavy (non-hydrogen) atoms. The fourth-order valence-electron chi connectivity index (χ4n) is 2.55. The number of rotatable bonds is 18. The van der Waals surface area contributed by atoms with Crippen molar-refractivity contribution in [3.8, 4) is 0 Å². The van der Waals surface area contributed by atoms with Crippen molar-refractivity contribution >= 4 is 64.1 Å². The summed E-state index contributed by atoms with van der Waals surface area (Å²) in [4.78, 5) is 0. The lowest BCUT2D eigenvalue weighted by molar-refractivity contribution is 0.123. The smallest absolute Gasteiger partial charge is 0.400 e. The number of aliphatic hydroxyl groups excluding tert-OH is 4. The molecule has 0 aliphatic heterocycles. The van der Waals surface area contributed by atoms with Crippen LogP contribution in [0.2, 0.25) is 18.1 Å². The van der Waals surface area contributed by atoms with Crippen molar-refractivity contribution in [3.05, 3.63) is 0 Å². The summed E-state index contributed by atoms with van der Waals surface area (Å²) in [7, 11) is 9.11. The van der Waals surface area contributed by atoms with Crippen LogP contribution < -0.4 is 0 Å². The van der Waals surface area contributed by atoms with Gasteiger partial charge in [-0.05, 0) is 42.6 Å². The minimum absolute atomic E-state index is 0.0216. The van der Waals surface area contributed by atoms with Crippen LogP contribution in [0.1, 0.15) is 19.3 Å². The van der Waals surface area contributed by atoms with Crippen molar-refractivity contribution in [3.63, 3.8) is 0 Å². The summed E-state index contributed by atoms with van der Waals surface area (Å²) in [6.45, 7) is 0. The Kier molecular flexibility index (Phi) is 56.0. The van der Waals surface area contributed by atoms with Gasteiger partial charge in [0.2, 0.25) is 0 Å². The maximum atomic E-state index is 8.99. The maximum absolute atomic E-state index is 8.99. The van der Waals surface area contributed by atoms with Gasteiger partial charge in [0, 0.05) is 90.3 Å². The molecule has 0 rings (SSSR count). The summed E-state index contributed by atoms with van der Waals surface area (Å²) >= 11 is 12.3. The number of thiol groups is 3. The van der Waals surface area contributed by atoms with E-state index in [4.69, 9.17) is 55.8 Å². The molecule has 0 aromatic heterocycles. The molecule has 0 amide bonds. The monoisotopic (exact) mass is 684 g/mol. The topological polar surface area (TPSA) is 155 Å². The van der Waals surface area contributed by atoms with Gasteiger partial charge in [-0.15, -0.1) is 0 Å². The van der Waals surface area contributed by atoms with E-state index in [9.17, 15) is 0 Å². The summed E-state index contributed by atoms with van der Waals surface area (Å²) in [5.74, 6) is 2.48. The molecule has 0 fully saturated rings. The van der Waals surface area contributed by atoms with E-state index in [0.29, 0.717) is 0 Å². The highest BCUT2D eigenvalue weighted by molar-refractivity contribution is 7.80. The molecule has 0 aromatic carbocycles. The van der Waals surface area contributed by atoms with Crippen molar-refractivity contribution in [2.75, 3.05) is 102 Å². The van der Waals surface area contributed by atoms with Gasteiger partial charge in [0.25, 0.3) is 0 Å². The first-order valence-corrected chi connectivity index (χ1v) is 19.9. The fourth-order valence-corrected chi connectivity index (χ4v) is 9.07. The zero-order valence-corrected chi connectivity index (χ0v) is 31.7. The second-order valence-corrected chi connectivity index (χ2v) is 17.5. The zero-order valence-electron chi connectivity index (χ0n) is 26.0. The summed E-state index contributed by atoms with van der Waals surface area (Å²) in [5.41, 5.74) is 0. The Hall–Kier alpha value is 1.22. The van der Waals surface area contributed by atoms with Crippen molar-refractivity contribution in [2.24, 2.45) is 0 Å². The quantitative estimate of drug-likeness (QED) is 0.0832. The van der Waals surface area contributed by atoms with Gasteiger partial charge in [-0.3, -0.25) is 0 Å². The Labute approximate surface area is 258 Å². The third-order valence-corrected chi connectivity index (χ3v) is 14.5. The molecular formula is C21H60O12S3Si3. The van der Waals surface area contributed by atoms with Crippen molar-refractivity contribution in [2.45, 2.75) is 37.4 Å². The molecule has 0 spiro atoms. The normalized spacial score (nSPS) is 10.6. The fraction of sp³-hybridized carbons (Fsp3) is 1.00. The predicted molar refractivity (Wildman–Crippen MR) is 175 cm³/mol. The summed E-state index contributed by atoms with van der Waals surface area (Å²) in [6, 6.07) is 2.47. The minimum Gasteiger partial charge on any atom is -0.400 e. The molecule has 0 heterocycles. The van der Waals surface area contributed by atoms with Crippen LogP contribution in [0, 0.1) is 0 Å². The molecule has 246 valence electrons.